The normalized spacial score (nSPS) is 31.9. The zero-order chi connectivity index (χ0) is 13.6. The number of nitrogens with zero attached hydrogens (tertiary/aromatic N) is 1. The summed E-state index contributed by atoms with van der Waals surface area (Å²) >= 11 is 0. The molecule has 2 N–H and O–H groups in total. The molecular formula is C12H19F3N2O. The number of carbonyl (C=O) groups is 1. The number of alkyl halides is 3. The van der Waals surface area contributed by atoms with Crippen molar-refractivity contribution in [2.45, 2.75) is 44.3 Å². The lowest BCUT2D eigenvalue weighted by Gasteiger charge is -2.47. The third-order valence-electron chi connectivity index (χ3n) is 3.96. The molecule has 2 rings (SSSR count). The van der Waals surface area contributed by atoms with Crippen LogP contribution >= 0.6 is 0 Å². The van der Waals surface area contributed by atoms with Crippen molar-refractivity contribution in [3.8, 4) is 0 Å². The summed E-state index contributed by atoms with van der Waals surface area (Å²) in [5, 5.41) is 0. The lowest BCUT2D eigenvalue weighted by atomic mass is 9.80. The fourth-order valence-electron chi connectivity index (χ4n) is 2.91. The molecule has 1 saturated heterocycles. The quantitative estimate of drug-likeness (QED) is 0.786. The maximum absolute atomic E-state index is 12.5. The van der Waals surface area contributed by atoms with Gasteiger partial charge in [0.25, 0.3) is 0 Å². The van der Waals surface area contributed by atoms with Gasteiger partial charge in [-0.2, -0.15) is 13.2 Å². The molecule has 104 valence electrons. The first-order valence-corrected chi connectivity index (χ1v) is 6.33. The Kier molecular flexibility index (Phi) is 3.34. The highest BCUT2D eigenvalue weighted by atomic mass is 19.4. The number of halogens is 3. The van der Waals surface area contributed by atoms with Gasteiger partial charge in [-0.25, -0.2) is 0 Å². The Morgan fingerprint density at radius 2 is 1.72 bits per heavy atom. The highest BCUT2D eigenvalue weighted by Crippen LogP contribution is 2.40. The minimum Gasteiger partial charge on any atom is -0.339 e. The first-order valence-electron chi connectivity index (χ1n) is 6.33. The number of nitrogens with two attached hydrogens (primary N) is 1. The number of likely N-dealkylation sites (tertiary alicyclic amines) is 1. The van der Waals surface area contributed by atoms with Crippen molar-refractivity contribution in [1.82, 2.24) is 4.90 Å². The highest BCUT2D eigenvalue weighted by Gasteiger charge is 2.45. The van der Waals surface area contributed by atoms with Crippen molar-refractivity contribution in [1.29, 1.82) is 0 Å². The Bertz CT molecular complexity index is 325. The van der Waals surface area contributed by atoms with Crippen molar-refractivity contribution < 1.29 is 18.0 Å². The molecule has 6 heteroatoms. The van der Waals surface area contributed by atoms with Crippen molar-refractivity contribution in [2.24, 2.45) is 17.6 Å². The van der Waals surface area contributed by atoms with E-state index in [1.807, 2.05) is 6.92 Å². The lowest BCUT2D eigenvalue weighted by molar-refractivity contribution is -0.185. The Morgan fingerprint density at radius 1 is 1.22 bits per heavy atom. The molecule has 0 spiro atoms. The van der Waals surface area contributed by atoms with Crippen LogP contribution in [0.25, 0.3) is 0 Å². The molecule has 2 aliphatic rings. The molecule has 18 heavy (non-hydrogen) atoms. The second-order valence-electron chi connectivity index (χ2n) is 5.94. The molecule has 3 nitrogen and oxygen atoms in total. The molecule has 2 fully saturated rings. The SMILES string of the molecule is CC1(N)CN(C(=O)C2CCC(C(F)(F)F)CC2)C1. The van der Waals surface area contributed by atoms with Crippen LogP contribution in [0.5, 0.6) is 0 Å². The molecule has 0 aromatic carbocycles. The van der Waals surface area contributed by atoms with Crippen LogP contribution in [0.15, 0.2) is 0 Å². The van der Waals surface area contributed by atoms with E-state index in [2.05, 4.69) is 0 Å². The first-order chi connectivity index (χ1) is 8.19. The van der Waals surface area contributed by atoms with Crippen LogP contribution in [0.4, 0.5) is 13.2 Å². The van der Waals surface area contributed by atoms with Crippen LogP contribution < -0.4 is 5.73 Å². The van der Waals surface area contributed by atoms with Crippen LogP contribution in [0.3, 0.4) is 0 Å². The van der Waals surface area contributed by atoms with Crippen LogP contribution in [0.2, 0.25) is 0 Å². The Labute approximate surface area is 104 Å². The molecule has 0 aromatic heterocycles. The molecule has 0 bridgehead atoms. The van der Waals surface area contributed by atoms with Crippen LogP contribution in [0.1, 0.15) is 32.6 Å². The lowest BCUT2D eigenvalue weighted by Crippen LogP contribution is -2.67. The van der Waals surface area contributed by atoms with Crippen molar-refractivity contribution in [2.75, 3.05) is 13.1 Å². The third kappa shape index (κ3) is 2.79. The largest absolute Gasteiger partial charge is 0.391 e. The van der Waals surface area contributed by atoms with E-state index in [-0.39, 0.29) is 30.2 Å². The topological polar surface area (TPSA) is 46.3 Å². The van der Waals surface area contributed by atoms with Gasteiger partial charge in [-0.15, -0.1) is 0 Å². The number of rotatable bonds is 1. The monoisotopic (exact) mass is 264 g/mol. The summed E-state index contributed by atoms with van der Waals surface area (Å²) in [7, 11) is 0. The minimum atomic E-state index is -4.11. The summed E-state index contributed by atoms with van der Waals surface area (Å²) in [6.45, 7) is 2.91. The van der Waals surface area contributed by atoms with Gasteiger partial charge in [0, 0.05) is 24.5 Å². The second-order valence-corrected chi connectivity index (χ2v) is 5.94. The molecule has 1 heterocycles. The fourth-order valence-corrected chi connectivity index (χ4v) is 2.91. The van der Waals surface area contributed by atoms with Gasteiger partial charge in [0.05, 0.1) is 5.92 Å². The Morgan fingerprint density at radius 3 is 2.11 bits per heavy atom. The number of hydrogen-bond acceptors (Lipinski definition) is 2. The third-order valence-corrected chi connectivity index (χ3v) is 3.96. The van der Waals surface area contributed by atoms with Crippen LogP contribution in [-0.2, 0) is 4.79 Å². The van der Waals surface area contributed by atoms with Crippen LogP contribution in [-0.4, -0.2) is 35.6 Å². The van der Waals surface area contributed by atoms with Crippen molar-refractivity contribution in [3.05, 3.63) is 0 Å². The predicted octanol–water partition coefficient (Wildman–Crippen LogP) is 1.91. The Hall–Kier alpha value is -0.780. The smallest absolute Gasteiger partial charge is 0.339 e. The van der Waals surface area contributed by atoms with Gasteiger partial charge in [0.1, 0.15) is 0 Å². The number of amides is 1. The predicted molar refractivity (Wildman–Crippen MR) is 60.7 cm³/mol. The van der Waals surface area contributed by atoms with Crippen molar-refractivity contribution in [3.63, 3.8) is 0 Å². The molecular weight excluding hydrogens is 245 g/mol. The van der Waals surface area contributed by atoms with Crippen molar-refractivity contribution >= 4 is 5.91 Å². The second kappa shape index (κ2) is 4.40. The van der Waals surface area contributed by atoms with Crippen LogP contribution in [0, 0.1) is 11.8 Å². The first kappa shape index (κ1) is 13.6. The average Bonchev–Trinajstić information content (AvgIpc) is 2.24. The van der Waals surface area contributed by atoms with Gasteiger partial charge in [-0.1, -0.05) is 0 Å². The van der Waals surface area contributed by atoms with E-state index < -0.39 is 12.1 Å². The fraction of sp³-hybridized carbons (Fsp3) is 0.917. The minimum absolute atomic E-state index is 0.0152. The highest BCUT2D eigenvalue weighted by molar-refractivity contribution is 5.80. The maximum Gasteiger partial charge on any atom is 0.391 e. The molecule has 0 unspecified atom stereocenters. The Balaban J connectivity index is 1.82. The zero-order valence-corrected chi connectivity index (χ0v) is 10.5. The molecule has 1 aliphatic heterocycles. The summed E-state index contributed by atoms with van der Waals surface area (Å²) in [6.07, 6.45) is -3.26. The van der Waals surface area contributed by atoms with Gasteiger partial charge in [-0.3, -0.25) is 4.79 Å². The van der Waals surface area contributed by atoms with E-state index in [4.69, 9.17) is 5.73 Å². The van der Waals surface area contributed by atoms with E-state index in [1.165, 1.54) is 0 Å². The van der Waals surface area contributed by atoms with E-state index in [1.54, 1.807) is 4.90 Å². The van der Waals surface area contributed by atoms with Gasteiger partial charge >= 0.3 is 6.18 Å². The molecule has 0 radical (unpaired) electrons. The van der Waals surface area contributed by atoms with E-state index in [0.717, 1.165) is 0 Å². The number of carbonyl (C=O) groups excluding carboxylic acids is 1. The van der Waals surface area contributed by atoms with Gasteiger partial charge in [0.2, 0.25) is 5.91 Å². The number of hydrogen-bond donors (Lipinski definition) is 1. The average molecular weight is 264 g/mol. The van der Waals surface area contributed by atoms with E-state index in [9.17, 15) is 18.0 Å². The molecule has 1 saturated carbocycles. The van der Waals surface area contributed by atoms with Gasteiger partial charge in [-0.05, 0) is 32.6 Å². The van der Waals surface area contributed by atoms with E-state index >= 15 is 0 Å². The summed E-state index contributed by atoms with van der Waals surface area (Å²) < 4.78 is 37.5. The maximum atomic E-state index is 12.5. The molecule has 0 aromatic rings. The summed E-state index contributed by atoms with van der Waals surface area (Å²) in [5.41, 5.74) is 5.50. The van der Waals surface area contributed by atoms with Gasteiger partial charge in [0.15, 0.2) is 0 Å². The zero-order valence-electron chi connectivity index (χ0n) is 10.5. The summed E-state index contributed by atoms with van der Waals surface area (Å²) in [4.78, 5) is 13.7. The summed E-state index contributed by atoms with van der Waals surface area (Å²) in [6, 6.07) is 0. The van der Waals surface area contributed by atoms with Gasteiger partial charge < -0.3 is 10.6 Å². The van der Waals surface area contributed by atoms with E-state index in [0.29, 0.717) is 25.9 Å². The molecule has 0 atom stereocenters. The standard InChI is InChI=1S/C12H19F3N2O/c1-11(16)6-17(7-11)10(18)8-2-4-9(5-3-8)12(13,14)15/h8-9H,2-7,16H2,1H3. The molecule has 1 aliphatic carbocycles. The molecule has 1 amide bonds. The summed E-state index contributed by atoms with van der Waals surface area (Å²) in [5.74, 6) is -1.48.